The van der Waals surface area contributed by atoms with Crippen molar-refractivity contribution in [2.45, 2.75) is 6.61 Å². The third-order valence-electron chi connectivity index (χ3n) is 5.01. The number of halogens is 3. The van der Waals surface area contributed by atoms with E-state index in [1.807, 2.05) is 0 Å². The van der Waals surface area contributed by atoms with Crippen LogP contribution in [0.4, 0.5) is 10.1 Å². The first-order chi connectivity index (χ1) is 16.8. The van der Waals surface area contributed by atoms with Crippen LogP contribution in [-0.2, 0) is 11.4 Å². The molecule has 0 unspecified atom stereocenters. The Morgan fingerprint density at radius 3 is 2.57 bits per heavy atom. The number of benzene rings is 3. The fraction of sp³-hybridized carbons (Fsp3) is 0.120. The summed E-state index contributed by atoms with van der Waals surface area (Å²) < 4.78 is 31.0. The van der Waals surface area contributed by atoms with E-state index in [1.165, 1.54) is 43.0 Å². The zero-order valence-corrected chi connectivity index (χ0v) is 22.5. The van der Waals surface area contributed by atoms with Gasteiger partial charge in [0.2, 0.25) is 0 Å². The van der Waals surface area contributed by atoms with Crippen LogP contribution in [-0.4, -0.2) is 24.4 Å². The van der Waals surface area contributed by atoms with Gasteiger partial charge in [-0.15, -0.1) is 0 Å². The first-order valence-electron chi connectivity index (χ1n) is 10.2. The maximum atomic E-state index is 13.5. The summed E-state index contributed by atoms with van der Waals surface area (Å²) in [6, 6.07) is 14.8. The van der Waals surface area contributed by atoms with Gasteiger partial charge in [-0.25, -0.2) is 4.39 Å². The number of methoxy groups -OCH3 is 2. The van der Waals surface area contributed by atoms with E-state index in [4.69, 9.17) is 38.0 Å². The van der Waals surface area contributed by atoms with Gasteiger partial charge < -0.3 is 14.2 Å². The molecule has 1 aliphatic rings. The van der Waals surface area contributed by atoms with Crippen LogP contribution in [0.3, 0.4) is 0 Å². The zero-order chi connectivity index (χ0) is 25.1. The molecule has 1 heterocycles. The summed E-state index contributed by atoms with van der Waals surface area (Å²) in [5, 5.41) is 0.380. The number of rotatable bonds is 7. The zero-order valence-electron chi connectivity index (χ0n) is 18.5. The molecule has 0 aromatic heterocycles. The van der Waals surface area contributed by atoms with Crippen molar-refractivity contribution in [1.29, 1.82) is 0 Å². The molecule has 0 radical (unpaired) electrons. The summed E-state index contributed by atoms with van der Waals surface area (Å²) in [7, 11) is 3.04. The molecule has 1 fully saturated rings. The Morgan fingerprint density at radius 2 is 1.89 bits per heavy atom. The van der Waals surface area contributed by atoms with Crippen LogP contribution in [0.1, 0.15) is 11.1 Å². The number of carbonyl (C=O) groups excluding carboxylic acids is 1. The van der Waals surface area contributed by atoms with E-state index in [0.717, 1.165) is 0 Å². The van der Waals surface area contributed by atoms with E-state index in [-0.39, 0.29) is 18.3 Å². The molecule has 1 saturated heterocycles. The smallest absolute Gasteiger partial charge is 0.270 e. The summed E-state index contributed by atoms with van der Waals surface area (Å²) >= 11 is 16.4. The Bertz CT molecular complexity index is 1350. The van der Waals surface area contributed by atoms with Gasteiger partial charge in [-0.2, -0.15) is 0 Å². The van der Waals surface area contributed by atoms with Crippen molar-refractivity contribution in [3.05, 3.63) is 85.9 Å². The predicted octanol–water partition coefficient (Wildman–Crippen LogP) is 7.24. The Kier molecular flexibility index (Phi) is 8.01. The fourth-order valence-corrected chi connectivity index (χ4v) is 5.51. The molecule has 5 nitrogen and oxygen atoms in total. The fourth-order valence-electron chi connectivity index (χ4n) is 3.38. The molecule has 0 N–H and O–H groups in total. The first kappa shape index (κ1) is 25.5. The number of amides is 1. The highest BCUT2D eigenvalue weighted by atomic mass is 79.9. The van der Waals surface area contributed by atoms with E-state index < -0.39 is 0 Å². The molecule has 10 heteroatoms. The molecule has 0 spiro atoms. The van der Waals surface area contributed by atoms with Crippen molar-refractivity contribution >= 4 is 73.5 Å². The standard InChI is InChI=1S/C25H18BrClFNO4S2/c1-31-20-7-6-17(12-19(20)27)29-24(30)22(35-25(29)34)11-15-9-18(26)23(21(10-15)32-2)33-13-14-4-3-5-16(28)8-14/h3-12H,13H2,1-2H3/b22-11+. The molecule has 0 aliphatic carbocycles. The molecule has 3 aromatic carbocycles. The molecule has 35 heavy (non-hydrogen) atoms. The molecule has 3 aromatic rings. The molecule has 1 amide bonds. The molecular weight excluding hydrogens is 577 g/mol. The maximum Gasteiger partial charge on any atom is 0.270 e. The molecule has 0 saturated carbocycles. The van der Waals surface area contributed by atoms with Gasteiger partial charge in [-0.1, -0.05) is 47.7 Å². The highest BCUT2D eigenvalue weighted by Crippen LogP contribution is 2.41. The predicted molar refractivity (Wildman–Crippen MR) is 145 cm³/mol. The quantitative estimate of drug-likeness (QED) is 0.212. The Balaban J connectivity index is 1.58. The summed E-state index contributed by atoms with van der Waals surface area (Å²) in [6.45, 7) is 0.162. The number of ether oxygens (including phenoxy) is 3. The first-order valence-corrected chi connectivity index (χ1v) is 12.6. The van der Waals surface area contributed by atoms with Gasteiger partial charge in [0.15, 0.2) is 15.8 Å². The van der Waals surface area contributed by atoms with Crippen molar-refractivity contribution in [1.82, 2.24) is 0 Å². The topological polar surface area (TPSA) is 48.0 Å². The maximum absolute atomic E-state index is 13.5. The SMILES string of the molecule is COc1ccc(N2C(=O)/C(=C\c3cc(Br)c(OCc4cccc(F)c4)c(OC)c3)SC2=S)cc1Cl. The van der Waals surface area contributed by atoms with Gasteiger partial charge >= 0.3 is 0 Å². The van der Waals surface area contributed by atoms with Gasteiger partial charge in [-0.3, -0.25) is 9.69 Å². The minimum absolute atomic E-state index is 0.162. The molecule has 1 aliphatic heterocycles. The highest BCUT2D eigenvalue weighted by Gasteiger charge is 2.33. The van der Waals surface area contributed by atoms with E-state index in [9.17, 15) is 9.18 Å². The Morgan fingerprint density at radius 1 is 1.11 bits per heavy atom. The average molecular weight is 595 g/mol. The van der Waals surface area contributed by atoms with Crippen LogP contribution in [0.15, 0.2) is 64.0 Å². The van der Waals surface area contributed by atoms with Gasteiger partial charge in [0.25, 0.3) is 5.91 Å². The highest BCUT2D eigenvalue weighted by molar-refractivity contribution is 9.10. The van der Waals surface area contributed by atoms with Crippen molar-refractivity contribution in [2.24, 2.45) is 0 Å². The Labute approximate surface area is 224 Å². The molecule has 0 bridgehead atoms. The Hall–Kier alpha value is -2.59. The lowest BCUT2D eigenvalue weighted by atomic mass is 10.1. The number of nitrogens with zero attached hydrogens (tertiary/aromatic N) is 1. The molecule has 180 valence electrons. The van der Waals surface area contributed by atoms with Crippen LogP contribution in [0.2, 0.25) is 5.02 Å². The van der Waals surface area contributed by atoms with Crippen molar-refractivity contribution in [3.63, 3.8) is 0 Å². The van der Waals surface area contributed by atoms with Crippen LogP contribution in [0, 0.1) is 5.82 Å². The van der Waals surface area contributed by atoms with Crippen molar-refractivity contribution < 1.29 is 23.4 Å². The summed E-state index contributed by atoms with van der Waals surface area (Å²) in [5.41, 5.74) is 1.95. The van der Waals surface area contributed by atoms with Crippen molar-refractivity contribution in [3.8, 4) is 17.2 Å². The number of hydrogen-bond donors (Lipinski definition) is 0. The second-order valence-electron chi connectivity index (χ2n) is 7.29. The van der Waals surface area contributed by atoms with Crippen LogP contribution in [0.25, 0.3) is 6.08 Å². The number of anilines is 1. The largest absolute Gasteiger partial charge is 0.495 e. The van der Waals surface area contributed by atoms with Gasteiger partial charge in [-0.05, 0) is 75.6 Å². The second kappa shape index (κ2) is 11.0. The van der Waals surface area contributed by atoms with Crippen LogP contribution in [0.5, 0.6) is 17.2 Å². The van der Waals surface area contributed by atoms with Gasteiger partial charge in [0, 0.05) is 0 Å². The lowest BCUT2D eigenvalue weighted by Gasteiger charge is -2.16. The van der Waals surface area contributed by atoms with E-state index in [2.05, 4.69) is 15.9 Å². The number of thioether (sulfide) groups is 1. The molecule has 4 rings (SSSR count). The van der Waals surface area contributed by atoms with E-state index in [0.29, 0.717) is 52.8 Å². The number of thiocarbonyl (C=S) groups is 1. The number of hydrogen-bond acceptors (Lipinski definition) is 6. The van der Waals surface area contributed by atoms with Gasteiger partial charge in [0.1, 0.15) is 18.2 Å². The van der Waals surface area contributed by atoms with Gasteiger partial charge in [0.05, 0.1) is 34.3 Å². The third-order valence-corrected chi connectivity index (χ3v) is 7.20. The normalized spacial score (nSPS) is 14.5. The minimum Gasteiger partial charge on any atom is -0.495 e. The van der Waals surface area contributed by atoms with Crippen molar-refractivity contribution in [2.75, 3.05) is 19.1 Å². The second-order valence-corrected chi connectivity index (χ2v) is 10.2. The summed E-state index contributed by atoms with van der Waals surface area (Å²) in [5.74, 6) is 0.839. The lowest BCUT2D eigenvalue weighted by molar-refractivity contribution is -0.113. The van der Waals surface area contributed by atoms with Crippen LogP contribution >= 0.6 is 51.5 Å². The molecular formula is C25H18BrClFNO4S2. The van der Waals surface area contributed by atoms with E-state index >= 15 is 0 Å². The van der Waals surface area contributed by atoms with Crippen LogP contribution < -0.4 is 19.1 Å². The van der Waals surface area contributed by atoms with E-state index in [1.54, 1.807) is 48.5 Å². The molecule has 0 atom stereocenters. The summed E-state index contributed by atoms with van der Waals surface area (Å²) in [4.78, 5) is 15.0. The average Bonchev–Trinajstić information content (AvgIpc) is 3.10. The summed E-state index contributed by atoms with van der Waals surface area (Å²) in [6.07, 6.45) is 1.73. The third kappa shape index (κ3) is 5.64. The lowest BCUT2D eigenvalue weighted by Crippen LogP contribution is -2.27. The monoisotopic (exact) mass is 593 g/mol. The minimum atomic E-state index is -0.332. The number of carbonyl (C=O) groups is 1.